The van der Waals surface area contributed by atoms with E-state index in [1.165, 1.54) is 6.07 Å². The first kappa shape index (κ1) is 15.9. The summed E-state index contributed by atoms with van der Waals surface area (Å²) in [4.78, 5) is 14.7. The van der Waals surface area contributed by atoms with Gasteiger partial charge in [0, 0.05) is 12.1 Å². The van der Waals surface area contributed by atoms with Crippen molar-refractivity contribution in [3.05, 3.63) is 58.9 Å². The van der Waals surface area contributed by atoms with Crippen molar-refractivity contribution >= 4 is 5.91 Å². The van der Waals surface area contributed by atoms with Gasteiger partial charge in [-0.25, -0.2) is 4.39 Å². The number of halogens is 1. The molecule has 2 aromatic rings. The predicted octanol–water partition coefficient (Wildman–Crippen LogP) is 3.88. The molecule has 1 fully saturated rings. The molecule has 1 amide bonds. The van der Waals surface area contributed by atoms with Gasteiger partial charge in [0.05, 0.1) is 6.04 Å². The number of ether oxygens (including phenoxy) is 2. The molecule has 5 heteroatoms. The van der Waals surface area contributed by atoms with Crippen LogP contribution in [0, 0.1) is 12.7 Å². The third-order valence-corrected chi connectivity index (χ3v) is 4.88. The Morgan fingerprint density at radius 3 is 2.72 bits per heavy atom. The van der Waals surface area contributed by atoms with Gasteiger partial charge >= 0.3 is 0 Å². The molecule has 2 aliphatic heterocycles. The van der Waals surface area contributed by atoms with Gasteiger partial charge in [0.2, 0.25) is 0 Å². The van der Waals surface area contributed by atoms with E-state index in [1.807, 2.05) is 23.1 Å². The summed E-state index contributed by atoms with van der Waals surface area (Å²) in [7, 11) is 0. The van der Waals surface area contributed by atoms with Crippen LogP contribution >= 0.6 is 0 Å². The van der Waals surface area contributed by atoms with Gasteiger partial charge in [-0.15, -0.1) is 0 Å². The highest BCUT2D eigenvalue weighted by Gasteiger charge is 2.31. The highest BCUT2D eigenvalue weighted by atomic mass is 19.1. The molecular weight excluding hydrogens is 321 g/mol. The fraction of sp³-hybridized carbons (Fsp3) is 0.350. The van der Waals surface area contributed by atoms with E-state index in [0.29, 0.717) is 30.9 Å². The van der Waals surface area contributed by atoms with Crippen molar-refractivity contribution in [2.45, 2.75) is 25.8 Å². The second-order valence-corrected chi connectivity index (χ2v) is 6.52. The molecule has 0 N–H and O–H groups in total. The average Bonchev–Trinajstić information content (AvgIpc) is 3.12. The summed E-state index contributed by atoms with van der Waals surface area (Å²) in [5, 5.41) is 0. The van der Waals surface area contributed by atoms with Crippen LogP contribution in [0.15, 0.2) is 36.4 Å². The van der Waals surface area contributed by atoms with Crippen LogP contribution < -0.4 is 9.47 Å². The number of hydrogen-bond acceptors (Lipinski definition) is 3. The van der Waals surface area contributed by atoms with E-state index in [1.54, 1.807) is 19.1 Å². The third-order valence-electron chi connectivity index (χ3n) is 4.88. The van der Waals surface area contributed by atoms with Gasteiger partial charge in [-0.3, -0.25) is 4.79 Å². The zero-order valence-electron chi connectivity index (χ0n) is 14.1. The molecule has 2 aromatic carbocycles. The normalized spacial score (nSPS) is 19.1. The minimum Gasteiger partial charge on any atom is -0.486 e. The van der Waals surface area contributed by atoms with E-state index >= 15 is 0 Å². The van der Waals surface area contributed by atoms with Crippen molar-refractivity contribution in [3.8, 4) is 11.5 Å². The van der Waals surface area contributed by atoms with Crippen molar-refractivity contribution < 1.29 is 18.7 Å². The van der Waals surface area contributed by atoms with Gasteiger partial charge in [0.15, 0.2) is 11.5 Å². The molecule has 0 spiro atoms. The number of benzene rings is 2. The van der Waals surface area contributed by atoms with Gasteiger partial charge in [-0.1, -0.05) is 12.1 Å². The van der Waals surface area contributed by atoms with Crippen LogP contribution in [0.4, 0.5) is 4.39 Å². The summed E-state index contributed by atoms with van der Waals surface area (Å²) in [6, 6.07) is 10.5. The first-order valence-corrected chi connectivity index (χ1v) is 8.60. The lowest BCUT2D eigenvalue weighted by Gasteiger charge is -2.27. The van der Waals surface area contributed by atoms with E-state index in [-0.39, 0.29) is 17.8 Å². The summed E-state index contributed by atoms with van der Waals surface area (Å²) in [5.41, 5.74) is 1.97. The van der Waals surface area contributed by atoms with Crippen LogP contribution in [0.2, 0.25) is 0 Å². The maximum Gasteiger partial charge on any atom is 0.254 e. The quantitative estimate of drug-likeness (QED) is 0.832. The van der Waals surface area contributed by atoms with Gasteiger partial charge < -0.3 is 14.4 Å². The first-order valence-electron chi connectivity index (χ1n) is 8.60. The SMILES string of the molecule is Cc1ccc(C(=O)N2CCC[C@@H]2c2ccc3c(c2)OCCO3)cc1F. The van der Waals surface area contributed by atoms with E-state index in [9.17, 15) is 9.18 Å². The largest absolute Gasteiger partial charge is 0.486 e. The minimum absolute atomic E-state index is 0.0207. The average molecular weight is 341 g/mol. The van der Waals surface area contributed by atoms with Gasteiger partial charge in [-0.2, -0.15) is 0 Å². The zero-order valence-corrected chi connectivity index (χ0v) is 14.1. The van der Waals surface area contributed by atoms with E-state index in [2.05, 4.69) is 0 Å². The van der Waals surface area contributed by atoms with Gasteiger partial charge in [0.1, 0.15) is 19.0 Å². The van der Waals surface area contributed by atoms with Crippen LogP contribution in [0.5, 0.6) is 11.5 Å². The lowest BCUT2D eigenvalue weighted by atomic mass is 10.0. The Hall–Kier alpha value is -2.56. The number of carbonyl (C=O) groups excluding carboxylic acids is 1. The second-order valence-electron chi connectivity index (χ2n) is 6.52. The fourth-order valence-corrected chi connectivity index (χ4v) is 3.52. The fourth-order valence-electron chi connectivity index (χ4n) is 3.52. The summed E-state index contributed by atoms with van der Waals surface area (Å²) in [6.07, 6.45) is 1.82. The highest BCUT2D eigenvalue weighted by molar-refractivity contribution is 5.94. The van der Waals surface area contributed by atoms with Crippen molar-refractivity contribution in [1.29, 1.82) is 0 Å². The number of likely N-dealkylation sites (tertiary alicyclic amines) is 1. The van der Waals surface area contributed by atoms with Crippen molar-refractivity contribution in [2.24, 2.45) is 0 Å². The van der Waals surface area contributed by atoms with Gasteiger partial charge in [0.25, 0.3) is 5.91 Å². The smallest absolute Gasteiger partial charge is 0.254 e. The second kappa shape index (κ2) is 6.39. The molecule has 0 radical (unpaired) electrons. The molecule has 0 bridgehead atoms. The third kappa shape index (κ3) is 2.95. The summed E-state index contributed by atoms with van der Waals surface area (Å²) >= 11 is 0. The molecular formula is C20H20FNO3. The van der Waals surface area contributed by atoms with Crippen molar-refractivity contribution in [1.82, 2.24) is 4.90 Å². The Morgan fingerprint density at radius 1 is 1.12 bits per heavy atom. The Labute approximate surface area is 146 Å². The summed E-state index contributed by atoms with van der Waals surface area (Å²) < 4.78 is 25.1. The van der Waals surface area contributed by atoms with Crippen LogP contribution in [-0.2, 0) is 0 Å². The number of rotatable bonds is 2. The topological polar surface area (TPSA) is 38.8 Å². The van der Waals surface area contributed by atoms with Crippen LogP contribution in [-0.4, -0.2) is 30.6 Å². The Kier molecular flexibility index (Phi) is 4.07. The molecule has 1 atom stereocenters. The zero-order chi connectivity index (χ0) is 17.4. The molecule has 4 nitrogen and oxygen atoms in total. The number of fused-ring (bicyclic) bond motifs is 1. The number of amides is 1. The Morgan fingerprint density at radius 2 is 1.92 bits per heavy atom. The minimum atomic E-state index is -0.346. The first-order chi connectivity index (χ1) is 12.1. The maximum absolute atomic E-state index is 13.8. The molecule has 0 aromatic heterocycles. The molecule has 2 heterocycles. The molecule has 0 saturated carbocycles. The summed E-state index contributed by atoms with van der Waals surface area (Å²) in [5.74, 6) is 0.994. The van der Waals surface area contributed by atoms with E-state index < -0.39 is 0 Å². The van der Waals surface area contributed by atoms with Crippen LogP contribution in [0.25, 0.3) is 0 Å². The lowest BCUT2D eigenvalue weighted by Crippen LogP contribution is -2.30. The number of carbonyl (C=O) groups is 1. The van der Waals surface area contributed by atoms with E-state index in [0.717, 1.165) is 29.9 Å². The highest BCUT2D eigenvalue weighted by Crippen LogP contribution is 2.38. The van der Waals surface area contributed by atoms with Crippen molar-refractivity contribution in [3.63, 3.8) is 0 Å². The standard InChI is InChI=1S/C20H20FNO3/c1-13-4-5-15(11-16(13)21)20(23)22-8-2-3-17(22)14-6-7-18-19(12-14)25-10-9-24-18/h4-7,11-12,17H,2-3,8-10H2,1H3/t17-/m1/s1. The van der Waals surface area contributed by atoms with Gasteiger partial charge in [-0.05, 0) is 55.2 Å². The predicted molar refractivity (Wildman–Crippen MR) is 91.6 cm³/mol. The molecule has 130 valence electrons. The monoisotopic (exact) mass is 341 g/mol. The number of nitrogens with zero attached hydrogens (tertiary/aromatic N) is 1. The Balaban J connectivity index is 1.61. The van der Waals surface area contributed by atoms with E-state index in [4.69, 9.17) is 9.47 Å². The Bertz CT molecular complexity index is 821. The lowest BCUT2D eigenvalue weighted by molar-refractivity contribution is 0.0734. The van der Waals surface area contributed by atoms with Crippen molar-refractivity contribution in [2.75, 3.05) is 19.8 Å². The van der Waals surface area contributed by atoms with Crippen LogP contribution in [0.3, 0.4) is 0 Å². The number of aryl methyl sites for hydroxylation is 1. The molecule has 25 heavy (non-hydrogen) atoms. The molecule has 4 rings (SSSR count). The number of hydrogen-bond donors (Lipinski definition) is 0. The van der Waals surface area contributed by atoms with Crippen LogP contribution in [0.1, 0.15) is 40.4 Å². The molecule has 0 aliphatic carbocycles. The molecule has 2 aliphatic rings. The maximum atomic E-state index is 13.8. The summed E-state index contributed by atoms with van der Waals surface area (Å²) in [6.45, 7) is 3.46. The molecule has 0 unspecified atom stereocenters. The molecule has 1 saturated heterocycles.